The number of Topliss-reactive ketones (excluding diaryl/α,β-unsaturated/α-hetero) is 1. The summed E-state index contributed by atoms with van der Waals surface area (Å²) >= 11 is 1.49. The summed E-state index contributed by atoms with van der Waals surface area (Å²) in [6, 6.07) is 3.57. The van der Waals surface area contributed by atoms with Gasteiger partial charge in [-0.1, -0.05) is 13.8 Å². The second kappa shape index (κ2) is 8.05. The molecule has 0 N–H and O–H groups in total. The van der Waals surface area contributed by atoms with Crippen molar-refractivity contribution in [3.63, 3.8) is 0 Å². The van der Waals surface area contributed by atoms with Gasteiger partial charge in [0, 0.05) is 17.7 Å². The Bertz CT molecular complexity index is 351. The molecule has 0 unspecified atom stereocenters. The summed E-state index contributed by atoms with van der Waals surface area (Å²) in [6.45, 7) is 5.26. The van der Waals surface area contributed by atoms with Gasteiger partial charge < -0.3 is 4.79 Å². The summed E-state index contributed by atoms with van der Waals surface area (Å²) in [4.78, 5) is 24.5. The Morgan fingerprint density at radius 1 is 1.50 bits per heavy atom. The number of aromatic nitrogens is 1. The SMILES string of the molecule is CC(C)C=O.CSc1ncccc1C(C)=O. The van der Waals surface area contributed by atoms with Crippen molar-refractivity contribution in [1.29, 1.82) is 0 Å². The van der Waals surface area contributed by atoms with E-state index in [2.05, 4.69) is 4.98 Å². The molecule has 0 aliphatic rings. The van der Waals surface area contributed by atoms with Gasteiger partial charge in [-0.3, -0.25) is 4.79 Å². The van der Waals surface area contributed by atoms with Crippen molar-refractivity contribution < 1.29 is 9.59 Å². The van der Waals surface area contributed by atoms with Crippen molar-refractivity contribution in [1.82, 2.24) is 4.98 Å². The predicted octanol–water partition coefficient (Wildman–Crippen LogP) is 2.85. The summed E-state index contributed by atoms with van der Waals surface area (Å²) in [7, 11) is 0. The minimum Gasteiger partial charge on any atom is -0.303 e. The highest BCUT2D eigenvalue weighted by Gasteiger charge is 2.04. The van der Waals surface area contributed by atoms with E-state index in [0.717, 1.165) is 11.3 Å². The van der Waals surface area contributed by atoms with Gasteiger partial charge in [0.05, 0.1) is 0 Å². The third-order valence-electron chi connectivity index (χ3n) is 1.62. The Morgan fingerprint density at radius 2 is 2.06 bits per heavy atom. The van der Waals surface area contributed by atoms with Crippen molar-refractivity contribution in [3.8, 4) is 0 Å². The largest absolute Gasteiger partial charge is 0.303 e. The van der Waals surface area contributed by atoms with Gasteiger partial charge in [0.15, 0.2) is 5.78 Å². The van der Waals surface area contributed by atoms with Gasteiger partial charge in [-0.05, 0) is 25.3 Å². The molecule has 0 aromatic carbocycles. The smallest absolute Gasteiger partial charge is 0.162 e. The van der Waals surface area contributed by atoms with E-state index < -0.39 is 0 Å². The Morgan fingerprint density at radius 3 is 2.38 bits per heavy atom. The first-order valence-corrected chi connectivity index (χ1v) is 6.20. The van der Waals surface area contributed by atoms with Gasteiger partial charge >= 0.3 is 0 Å². The van der Waals surface area contributed by atoms with E-state index in [4.69, 9.17) is 0 Å². The van der Waals surface area contributed by atoms with Crippen LogP contribution in [-0.4, -0.2) is 23.3 Å². The molecule has 0 atom stereocenters. The molecule has 1 heterocycles. The predicted molar refractivity (Wildman–Crippen MR) is 66.9 cm³/mol. The molecule has 0 saturated heterocycles. The monoisotopic (exact) mass is 239 g/mol. The second-order valence-corrected chi connectivity index (χ2v) is 4.29. The molecule has 3 nitrogen and oxygen atoms in total. The van der Waals surface area contributed by atoms with E-state index in [1.54, 1.807) is 25.3 Å². The van der Waals surface area contributed by atoms with Gasteiger partial charge in [-0.2, -0.15) is 0 Å². The molecule has 0 spiro atoms. The normalized spacial score (nSPS) is 9.31. The minimum absolute atomic E-state index is 0.0717. The quantitative estimate of drug-likeness (QED) is 0.462. The lowest BCUT2D eigenvalue weighted by molar-refractivity contribution is -0.110. The molecule has 0 fully saturated rings. The molecule has 16 heavy (non-hydrogen) atoms. The fourth-order valence-corrected chi connectivity index (χ4v) is 1.42. The molecule has 4 heteroatoms. The summed E-state index contributed by atoms with van der Waals surface area (Å²) in [5, 5.41) is 0.806. The molecular formula is C12H17NO2S. The lowest BCUT2D eigenvalue weighted by atomic mass is 10.2. The van der Waals surface area contributed by atoms with Crippen LogP contribution in [0.4, 0.5) is 0 Å². The number of pyridine rings is 1. The molecule has 0 saturated carbocycles. The molecule has 1 aromatic rings. The van der Waals surface area contributed by atoms with Crippen LogP contribution >= 0.6 is 11.8 Å². The maximum absolute atomic E-state index is 11.0. The summed E-state index contributed by atoms with van der Waals surface area (Å²) in [5.41, 5.74) is 0.708. The Hall–Kier alpha value is -1.16. The van der Waals surface area contributed by atoms with Crippen LogP contribution in [0.1, 0.15) is 31.1 Å². The highest BCUT2D eigenvalue weighted by molar-refractivity contribution is 7.98. The van der Waals surface area contributed by atoms with Crippen LogP contribution in [0.3, 0.4) is 0 Å². The zero-order valence-corrected chi connectivity index (χ0v) is 10.9. The molecule has 88 valence electrons. The van der Waals surface area contributed by atoms with E-state index in [1.165, 1.54) is 11.8 Å². The van der Waals surface area contributed by atoms with Crippen LogP contribution in [0.5, 0.6) is 0 Å². The topological polar surface area (TPSA) is 47.0 Å². The average Bonchev–Trinajstić information content (AvgIpc) is 2.29. The average molecular weight is 239 g/mol. The fourth-order valence-electron chi connectivity index (χ4n) is 0.821. The van der Waals surface area contributed by atoms with Crippen LogP contribution < -0.4 is 0 Å². The number of hydrogen-bond donors (Lipinski definition) is 0. The third-order valence-corrected chi connectivity index (χ3v) is 2.33. The number of carbonyl (C=O) groups excluding carboxylic acids is 2. The van der Waals surface area contributed by atoms with E-state index in [9.17, 15) is 9.59 Å². The molecule has 0 amide bonds. The van der Waals surface area contributed by atoms with Gasteiger partial charge in [-0.15, -0.1) is 11.8 Å². The lowest BCUT2D eigenvalue weighted by Gasteiger charge is -1.99. The van der Waals surface area contributed by atoms with Crippen LogP contribution in [0.25, 0.3) is 0 Å². The van der Waals surface area contributed by atoms with Crippen LogP contribution in [-0.2, 0) is 4.79 Å². The van der Waals surface area contributed by atoms with Gasteiger partial charge in [-0.25, -0.2) is 4.98 Å². The van der Waals surface area contributed by atoms with Crippen molar-refractivity contribution in [2.24, 2.45) is 5.92 Å². The van der Waals surface area contributed by atoms with Crippen molar-refractivity contribution in [2.45, 2.75) is 25.8 Å². The summed E-state index contributed by atoms with van der Waals surface area (Å²) in [5.74, 6) is 0.275. The molecule has 0 bridgehead atoms. The number of carbonyl (C=O) groups is 2. The molecule has 0 radical (unpaired) electrons. The number of nitrogens with zero attached hydrogens (tertiary/aromatic N) is 1. The summed E-state index contributed by atoms with van der Waals surface area (Å²) in [6.07, 6.45) is 4.52. The molecule has 1 aromatic heterocycles. The first-order valence-electron chi connectivity index (χ1n) is 4.98. The fraction of sp³-hybridized carbons (Fsp3) is 0.417. The van der Waals surface area contributed by atoms with E-state index >= 15 is 0 Å². The zero-order chi connectivity index (χ0) is 12.6. The van der Waals surface area contributed by atoms with E-state index in [0.29, 0.717) is 5.56 Å². The van der Waals surface area contributed by atoms with Crippen molar-refractivity contribution in [2.75, 3.05) is 6.26 Å². The molecule has 1 rings (SSSR count). The Labute approximate surface area is 101 Å². The first-order chi connectivity index (χ1) is 7.52. The van der Waals surface area contributed by atoms with Crippen molar-refractivity contribution in [3.05, 3.63) is 23.9 Å². The van der Waals surface area contributed by atoms with Gasteiger partial charge in [0.25, 0.3) is 0 Å². The number of ketones is 1. The number of thioether (sulfide) groups is 1. The third kappa shape index (κ3) is 5.66. The molecule has 0 aliphatic heterocycles. The Balaban J connectivity index is 0.000000385. The van der Waals surface area contributed by atoms with E-state index in [1.807, 2.05) is 20.1 Å². The highest BCUT2D eigenvalue weighted by atomic mass is 32.2. The standard InChI is InChI=1S/C8H9NOS.C4H8O/c1-6(10)7-4-3-5-9-8(7)11-2;1-4(2)3-5/h3-5H,1-2H3;3-4H,1-2H3. The van der Waals surface area contributed by atoms with Crippen molar-refractivity contribution >= 4 is 23.8 Å². The lowest BCUT2D eigenvalue weighted by Crippen LogP contribution is -1.95. The van der Waals surface area contributed by atoms with Crippen LogP contribution in [0, 0.1) is 5.92 Å². The van der Waals surface area contributed by atoms with Gasteiger partial charge in [0.2, 0.25) is 0 Å². The maximum Gasteiger partial charge on any atom is 0.162 e. The Kier molecular flexibility index (Phi) is 7.46. The maximum atomic E-state index is 11.0. The number of aldehydes is 1. The second-order valence-electron chi connectivity index (χ2n) is 3.50. The first kappa shape index (κ1) is 14.8. The van der Waals surface area contributed by atoms with E-state index in [-0.39, 0.29) is 11.7 Å². The highest BCUT2D eigenvalue weighted by Crippen LogP contribution is 2.16. The molecular weight excluding hydrogens is 222 g/mol. The number of hydrogen-bond acceptors (Lipinski definition) is 4. The van der Waals surface area contributed by atoms with Crippen LogP contribution in [0.2, 0.25) is 0 Å². The minimum atomic E-state index is 0.0717. The molecule has 0 aliphatic carbocycles. The number of rotatable bonds is 3. The van der Waals surface area contributed by atoms with Crippen LogP contribution in [0.15, 0.2) is 23.4 Å². The zero-order valence-electron chi connectivity index (χ0n) is 10.1. The van der Waals surface area contributed by atoms with Gasteiger partial charge in [0.1, 0.15) is 11.3 Å². The summed E-state index contributed by atoms with van der Waals surface area (Å²) < 4.78 is 0.